The Labute approximate surface area is 384 Å². The van der Waals surface area contributed by atoms with Crippen LogP contribution in [0.5, 0.6) is 0 Å². The summed E-state index contributed by atoms with van der Waals surface area (Å²) < 4.78 is 41.2. The summed E-state index contributed by atoms with van der Waals surface area (Å²) in [7, 11) is 3.86. The third-order valence-corrected chi connectivity index (χ3v) is 12.2. The van der Waals surface area contributed by atoms with E-state index in [-0.39, 0.29) is 73.1 Å². The number of ether oxygens (including phenoxy) is 2. The number of methoxy groups -OCH3 is 1. The number of benzene rings is 1. The number of hydrogen-bond donors (Lipinski definition) is 2. The summed E-state index contributed by atoms with van der Waals surface area (Å²) in [5.74, 6) is -0.855. The van der Waals surface area contributed by atoms with Crippen LogP contribution in [0.15, 0.2) is 35.8 Å². The van der Waals surface area contributed by atoms with Crippen molar-refractivity contribution in [3.05, 3.63) is 52.1 Å². The lowest BCUT2D eigenvalue weighted by Crippen LogP contribution is -2.60. The number of nitrogens with one attached hydrogen (secondary N) is 2. The highest BCUT2D eigenvalue weighted by Crippen LogP contribution is 2.43. The minimum Gasteiger partial charge on any atom is -0.464 e. The summed E-state index contributed by atoms with van der Waals surface area (Å²) in [6.07, 6.45) is 0.826. The zero-order valence-corrected chi connectivity index (χ0v) is 40.1. The van der Waals surface area contributed by atoms with Crippen molar-refractivity contribution in [1.29, 1.82) is 0 Å². The van der Waals surface area contributed by atoms with E-state index in [0.29, 0.717) is 37.4 Å². The average Bonchev–Trinajstić information content (AvgIpc) is 3.79. The number of rotatable bonds is 8. The minimum atomic E-state index is -2.64. The Morgan fingerprint density at radius 3 is 2.50 bits per heavy atom. The molecule has 3 aliphatic rings. The van der Waals surface area contributed by atoms with Gasteiger partial charge in [-0.05, 0) is 63.9 Å². The maximum Gasteiger partial charge on any atom is 0.324 e. The summed E-state index contributed by atoms with van der Waals surface area (Å²) in [6.45, 7) is 12.7. The number of cyclic esters (lactones) is 1. The Kier molecular flexibility index (Phi) is 19.1. The molecule has 60 heavy (non-hydrogen) atoms. The van der Waals surface area contributed by atoms with Gasteiger partial charge in [0.15, 0.2) is 0 Å². The Balaban J connectivity index is 0.00000240. The van der Waals surface area contributed by atoms with Gasteiger partial charge in [0.05, 0.1) is 59.3 Å². The predicted molar refractivity (Wildman–Crippen MR) is 256 cm³/mol. The van der Waals surface area contributed by atoms with E-state index < -0.39 is 42.3 Å². The molecule has 6 heterocycles. The molecule has 6 bridgehead atoms. The van der Waals surface area contributed by atoms with Crippen LogP contribution in [0.4, 0.5) is 14.5 Å². The first kappa shape index (κ1) is 51.7. The van der Waals surface area contributed by atoms with Crippen LogP contribution < -0.4 is 15.6 Å². The number of amides is 1. The number of carbonyl (C=O) groups is 2. The number of halogens is 2. The van der Waals surface area contributed by atoms with Crippen molar-refractivity contribution in [1.82, 2.24) is 35.2 Å². The summed E-state index contributed by atoms with van der Waals surface area (Å²) in [5, 5.41) is 7.81. The van der Waals surface area contributed by atoms with E-state index in [4.69, 9.17) is 19.4 Å². The van der Waals surface area contributed by atoms with Crippen LogP contribution in [0, 0.1) is 5.41 Å². The van der Waals surface area contributed by atoms with Crippen LogP contribution in [-0.4, -0.2) is 115 Å². The molecule has 3 atom stereocenters. The molecule has 0 aliphatic carbocycles. The van der Waals surface area contributed by atoms with E-state index in [1.54, 1.807) is 7.11 Å². The van der Waals surface area contributed by atoms with E-state index in [1.165, 1.54) is 16.3 Å². The van der Waals surface area contributed by atoms with Crippen LogP contribution in [0.1, 0.15) is 62.9 Å². The molecule has 12 nitrogen and oxygen atoms in total. The number of nitrogens with zero attached hydrogens (tertiary/aromatic N) is 6. The smallest absolute Gasteiger partial charge is 0.324 e. The molecular formula is C41H62F2N8O4S5. The molecule has 0 spiro atoms. The molecule has 4 aromatic rings. The molecule has 0 saturated carbocycles. The second-order valence-electron chi connectivity index (χ2n) is 16.0. The van der Waals surface area contributed by atoms with Gasteiger partial charge in [-0.2, -0.15) is 54.0 Å². The van der Waals surface area contributed by atoms with Gasteiger partial charge >= 0.3 is 5.97 Å². The fourth-order valence-corrected chi connectivity index (χ4v) is 8.97. The number of thiazole rings is 1. The third kappa shape index (κ3) is 11.3. The van der Waals surface area contributed by atoms with Crippen molar-refractivity contribution in [2.75, 3.05) is 64.9 Å². The van der Waals surface area contributed by atoms with Gasteiger partial charge in [-0.25, -0.2) is 19.2 Å². The van der Waals surface area contributed by atoms with Gasteiger partial charge in [0.2, 0.25) is 0 Å². The summed E-state index contributed by atoms with van der Waals surface area (Å²) >= 11 is 1.40. The van der Waals surface area contributed by atoms with Gasteiger partial charge in [0, 0.05) is 85.6 Å². The Morgan fingerprint density at radius 1 is 1.08 bits per heavy atom. The number of likely N-dealkylation sites (N-methyl/N-ethyl adjacent to an activating group) is 1. The van der Waals surface area contributed by atoms with Gasteiger partial charge in [-0.1, -0.05) is 19.9 Å². The topological polar surface area (TPSA) is 117 Å². The Bertz CT molecular complexity index is 2060. The molecule has 0 radical (unpaired) electrons. The van der Waals surface area contributed by atoms with Crippen molar-refractivity contribution in [2.45, 2.75) is 84.5 Å². The number of alkyl halides is 2. The van der Waals surface area contributed by atoms with Crippen LogP contribution in [0.2, 0.25) is 0 Å². The molecule has 7 rings (SSSR count). The van der Waals surface area contributed by atoms with Gasteiger partial charge < -0.3 is 23.8 Å². The number of pyridine rings is 1. The average molecular weight is 929 g/mol. The van der Waals surface area contributed by atoms with Crippen LogP contribution in [0.3, 0.4) is 0 Å². The zero-order chi connectivity index (χ0) is 39.7. The Hall–Kier alpha value is -2.62. The quantitative estimate of drug-likeness (QED) is 0.200. The normalized spacial score (nSPS) is 20.3. The highest BCUT2D eigenvalue weighted by molar-refractivity contribution is 7.59. The molecule has 334 valence electrons. The molecule has 19 heteroatoms. The van der Waals surface area contributed by atoms with Gasteiger partial charge in [-0.15, -0.1) is 11.3 Å². The largest absolute Gasteiger partial charge is 0.464 e. The number of hydrogen-bond acceptors (Lipinski definition) is 11. The summed E-state index contributed by atoms with van der Waals surface area (Å²) in [4.78, 5) is 42.2. The number of aryl methyl sites for hydroxylation is 1. The van der Waals surface area contributed by atoms with Crippen molar-refractivity contribution >= 4 is 93.8 Å². The lowest BCUT2D eigenvalue weighted by Gasteiger charge is -2.35. The standard InChI is InChI=1S/C41H54F2N8O4S.4H2S/c1-7-50-34-11-10-26-17-28(34)30(38(50)29-18-27(21-45-37(29)25(2)54-6)49-15-13-48(5)14-16-49)20-41(3,4)24-55-40(53)31-9-8-12-51(47-31)39(52)32(44-22-35(42)43)19-36-46-33(26)23-56-36;;;;/h10-11,17-18,21,23,25,31-32,35,44,47H,7-9,12-16,19-20,22,24H2,1-6H3;4*1H2/t25-,31-,32-;;;;/m0..../s1. The van der Waals surface area contributed by atoms with Gasteiger partial charge in [0.1, 0.15) is 6.04 Å². The molecule has 1 aromatic carbocycles. The van der Waals surface area contributed by atoms with Crippen LogP contribution in [-0.2, 0) is 38.4 Å². The Morgan fingerprint density at radius 2 is 1.82 bits per heavy atom. The minimum absolute atomic E-state index is 0. The van der Waals surface area contributed by atoms with E-state index in [0.717, 1.165) is 76.5 Å². The maximum absolute atomic E-state index is 13.8. The molecule has 3 aliphatic heterocycles. The highest BCUT2D eigenvalue weighted by atomic mass is 32.1. The van der Waals surface area contributed by atoms with Gasteiger partial charge in [0.25, 0.3) is 12.3 Å². The second-order valence-corrected chi connectivity index (χ2v) is 17.0. The van der Waals surface area contributed by atoms with Crippen molar-refractivity contribution < 1.29 is 27.8 Å². The first-order chi connectivity index (χ1) is 26.8. The number of anilines is 1. The maximum atomic E-state index is 13.8. The van der Waals surface area contributed by atoms with E-state index in [1.807, 2.05) is 18.5 Å². The molecule has 3 aromatic heterocycles. The lowest BCUT2D eigenvalue weighted by atomic mass is 9.84. The summed E-state index contributed by atoms with van der Waals surface area (Å²) in [6, 6.07) is 6.95. The molecule has 1 amide bonds. The van der Waals surface area contributed by atoms with Crippen molar-refractivity contribution in [2.24, 2.45) is 5.41 Å². The molecule has 2 N–H and O–H groups in total. The van der Waals surface area contributed by atoms with E-state index in [2.05, 4.69) is 77.2 Å². The predicted octanol–water partition coefficient (Wildman–Crippen LogP) is 6.14. The molecular weight excluding hydrogens is 867 g/mol. The molecule has 0 unspecified atom stereocenters. The van der Waals surface area contributed by atoms with Crippen molar-refractivity contribution in [3.63, 3.8) is 0 Å². The molecule has 2 fully saturated rings. The summed E-state index contributed by atoms with van der Waals surface area (Å²) in [5.41, 5.74) is 10.4. The number of hydrazine groups is 1. The van der Waals surface area contributed by atoms with Crippen molar-refractivity contribution in [3.8, 4) is 22.5 Å². The van der Waals surface area contributed by atoms with Gasteiger partial charge in [-0.3, -0.25) is 24.9 Å². The number of piperazine rings is 1. The number of aromatic nitrogens is 3. The third-order valence-electron chi connectivity index (χ3n) is 11.3. The second kappa shape index (κ2) is 22.1. The number of fused-ring (bicyclic) bond motifs is 6. The van der Waals surface area contributed by atoms with E-state index in [9.17, 15) is 18.4 Å². The number of carbonyl (C=O) groups excluding carboxylic acids is 2. The fraction of sp³-hybridized carbons (Fsp3) is 0.561. The van der Waals surface area contributed by atoms with Crippen LogP contribution in [0.25, 0.3) is 33.4 Å². The number of esters is 1. The fourth-order valence-electron chi connectivity index (χ4n) is 8.12. The van der Waals surface area contributed by atoms with E-state index >= 15 is 0 Å². The SMILES string of the molecule is CCn1c(-c2cc(N3CCN(C)CC3)cnc2[C@H](C)OC)c2c3cc(ccc31)-c1csc(n1)C[C@H](NCC(F)F)C(=O)N1CCC[C@H](N1)C(=O)OCC(C)(C)C2.S.S.S.S. The monoisotopic (exact) mass is 928 g/mol. The molecule has 2 saturated heterocycles. The lowest BCUT2D eigenvalue weighted by molar-refractivity contribution is -0.155. The first-order valence-corrected chi connectivity index (χ1v) is 20.6. The first-order valence-electron chi connectivity index (χ1n) is 19.7. The zero-order valence-electron chi connectivity index (χ0n) is 35.2. The van der Waals surface area contributed by atoms with Crippen LogP contribution >= 0.6 is 65.3 Å². The highest BCUT2D eigenvalue weighted by Gasteiger charge is 2.35.